The maximum atomic E-state index is 7.04. The van der Waals surface area contributed by atoms with Crippen LogP contribution in [0.15, 0.2) is 18.2 Å². The molecule has 5 heteroatoms. The number of rotatable bonds is 5. The molecule has 16 heavy (non-hydrogen) atoms. The van der Waals surface area contributed by atoms with Gasteiger partial charge in [-0.05, 0) is 17.7 Å². The Bertz CT molecular complexity index is 393. The molecule has 0 aromatic heterocycles. The number of nitrogens with one attached hydrogen (secondary N) is 1. The van der Waals surface area contributed by atoms with Gasteiger partial charge < -0.3 is 19.9 Å². The molecule has 1 aliphatic rings. The Morgan fingerprint density at radius 1 is 1.38 bits per heavy atom. The van der Waals surface area contributed by atoms with E-state index in [4.69, 9.17) is 25.4 Å². The molecule has 0 saturated carbocycles. The summed E-state index contributed by atoms with van der Waals surface area (Å²) in [5.74, 6) is 1.67. The third-order valence-electron chi connectivity index (χ3n) is 2.22. The fourth-order valence-corrected chi connectivity index (χ4v) is 1.40. The average Bonchev–Trinajstić information content (AvgIpc) is 2.71. The van der Waals surface area contributed by atoms with Gasteiger partial charge in [-0.3, -0.25) is 5.41 Å². The summed E-state index contributed by atoms with van der Waals surface area (Å²) in [7, 11) is 0. The van der Waals surface area contributed by atoms with Gasteiger partial charge in [0, 0.05) is 6.42 Å². The van der Waals surface area contributed by atoms with E-state index in [0.29, 0.717) is 19.6 Å². The summed E-state index contributed by atoms with van der Waals surface area (Å²) in [4.78, 5) is 0. The van der Waals surface area contributed by atoms with Crippen molar-refractivity contribution in [2.75, 3.05) is 13.4 Å². The van der Waals surface area contributed by atoms with Crippen molar-refractivity contribution in [3.05, 3.63) is 23.8 Å². The van der Waals surface area contributed by atoms with E-state index < -0.39 is 0 Å². The average molecular weight is 222 g/mol. The number of amidine groups is 1. The van der Waals surface area contributed by atoms with E-state index in [1.54, 1.807) is 0 Å². The van der Waals surface area contributed by atoms with Crippen LogP contribution in [-0.4, -0.2) is 19.2 Å². The van der Waals surface area contributed by atoms with E-state index in [9.17, 15) is 0 Å². The van der Waals surface area contributed by atoms with Crippen LogP contribution >= 0.6 is 0 Å². The molecule has 0 amide bonds. The van der Waals surface area contributed by atoms with Gasteiger partial charge in [0.15, 0.2) is 11.5 Å². The van der Waals surface area contributed by atoms with Crippen molar-refractivity contribution in [1.29, 1.82) is 5.41 Å². The minimum atomic E-state index is 0.144. The van der Waals surface area contributed by atoms with E-state index in [0.717, 1.165) is 17.1 Å². The summed E-state index contributed by atoms with van der Waals surface area (Å²) >= 11 is 0. The van der Waals surface area contributed by atoms with Crippen LogP contribution in [0.25, 0.3) is 0 Å². The van der Waals surface area contributed by atoms with Gasteiger partial charge in [-0.2, -0.15) is 0 Å². The summed E-state index contributed by atoms with van der Waals surface area (Å²) in [5, 5.41) is 7.04. The monoisotopic (exact) mass is 222 g/mol. The van der Waals surface area contributed by atoms with E-state index in [1.165, 1.54) is 0 Å². The molecule has 0 saturated heterocycles. The van der Waals surface area contributed by atoms with Crippen molar-refractivity contribution in [3.8, 4) is 11.5 Å². The predicted molar refractivity (Wildman–Crippen MR) is 58.8 cm³/mol. The Morgan fingerprint density at radius 2 is 2.19 bits per heavy atom. The quantitative estimate of drug-likeness (QED) is 0.446. The number of nitrogens with two attached hydrogens (primary N) is 1. The molecule has 5 nitrogen and oxygen atoms in total. The van der Waals surface area contributed by atoms with Crippen LogP contribution in [0.3, 0.4) is 0 Å². The highest BCUT2D eigenvalue weighted by atomic mass is 16.7. The molecule has 0 fully saturated rings. The summed E-state index contributed by atoms with van der Waals surface area (Å²) in [6.45, 7) is 1.23. The molecule has 0 bridgehead atoms. The summed E-state index contributed by atoms with van der Waals surface area (Å²) in [6, 6.07) is 5.70. The van der Waals surface area contributed by atoms with Gasteiger partial charge in [0.2, 0.25) is 6.79 Å². The number of ether oxygens (including phenoxy) is 3. The number of hydrogen-bond acceptors (Lipinski definition) is 4. The predicted octanol–water partition coefficient (Wildman–Crippen LogP) is 1.26. The van der Waals surface area contributed by atoms with Crippen molar-refractivity contribution in [3.63, 3.8) is 0 Å². The van der Waals surface area contributed by atoms with Gasteiger partial charge in [-0.1, -0.05) is 6.07 Å². The van der Waals surface area contributed by atoms with Crippen molar-refractivity contribution in [1.82, 2.24) is 0 Å². The minimum Gasteiger partial charge on any atom is -0.454 e. The largest absolute Gasteiger partial charge is 0.454 e. The Kier molecular flexibility index (Phi) is 3.26. The highest BCUT2D eigenvalue weighted by Gasteiger charge is 2.12. The Labute approximate surface area is 93.6 Å². The molecule has 0 unspecified atom stereocenters. The molecule has 0 spiro atoms. The first-order valence-electron chi connectivity index (χ1n) is 5.05. The van der Waals surface area contributed by atoms with Crippen LogP contribution in [0.4, 0.5) is 0 Å². The molecular formula is C11H14N2O3. The van der Waals surface area contributed by atoms with Crippen molar-refractivity contribution in [2.24, 2.45) is 5.73 Å². The van der Waals surface area contributed by atoms with Gasteiger partial charge in [0.1, 0.15) is 0 Å². The zero-order valence-electron chi connectivity index (χ0n) is 8.86. The first-order valence-corrected chi connectivity index (χ1v) is 5.05. The molecule has 0 atom stereocenters. The van der Waals surface area contributed by atoms with Gasteiger partial charge in [0.05, 0.1) is 19.0 Å². The normalized spacial score (nSPS) is 12.8. The molecule has 86 valence electrons. The smallest absolute Gasteiger partial charge is 0.231 e. The molecule has 1 heterocycles. The second-order valence-electron chi connectivity index (χ2n) is 3.52. The standard InChI is InChI=1S/C11H14N2O3/c12-11(13)3-4-14-6-8-1-2-9-10(5-8)16-7-15-9/h1-2,5H,3-4,6-7H2,(H3,12,13). The third-order valence-corrected chi connectivity index (χ3v) is 2.22. The second-order valence-corrected chi connectivity index (χ2v) is 3.52. The minimum absolute atomic E-state index is 0.144. The van der Waals surface area contributed by atoms with E-state index >= 15 is 0 Å². The fraction of sp³-hybridized carbons (Fsp3) is 0.364. The molecular weight excluding hydrogens is 208 g/mol. The maximum absolute atomic E-state index is 7.04. The van der Waals surface area contributed by atoms with Crippen molar-refractivity contribution >= 4 is 5.84 Å². The number of hydrogen-bond donors (Lipinski definition) is 2. The molecule has 3 N–H and O–H groups in total. The maximum Gasteiger partial charge on any atom is 0.231 e. The Hall–Kier alpha value is -1.75. The second kappa shape index (κ2) is 4.85. The molecule has 1 aliphatic heterocycles. The highest BCUT2D eigenvalue weighted by Crippen LogP contribution is 2.32. The lowest BCUT2D eigenvalue weighted by molar-refractivity contribution is 0.127. The van der Waals surface area contributed by atoms with Gasteiger partial charge >= 0.3 is 0 Å². The lowest BCUT2D eigenvalue weighted by Crippen LogP contribution is -2.12. The summed E-state index contributed by atoms with van der Waals surface area (Å²) < 4.78 is 15.8. The van der Waals surface area contributed by atoms with Crippen LogP contribution in [0.2, 0.25) is 0 Å². The Morgan fingerprint density at radius 3 is 3.00 bits per heavy atom. The van der Waals surface area contributed by atoms with Crippen molar-refractivity contribution in [2.45, 2.75) is 13.0 Å². The SMILES string of the molecule is N=C(N)CCOCc1ccc2c(c1)OCO2. The van der Waals surface area contributed by atoms with Crippen LogP contribution in [0.1, 0.15) is 12.0 Å². The topological polar surface area (TPSA) is 77.6 Å². The Balaban J connectivity index is 1.83. The zero-order chi connectivity index (χ0) is 11.4. The van der Waals surface area contributed by atoms with Crippen LogP contribution < -0.4 is 15.2 Å². The van der Waals surface area contributed by atoms with Gasteiger partial charge in [0.25, 0.3) is 0 Å². The lowest BCUT2D eigenvalue weighted by atomic mass is 10.2. The molecule has 0 radical (unpaired) electrons. The first kappa shape index (κ1) is 10.8. The van der Waals surface area contributed by atoms with E-state index in [-0.39, 0.29) is 12.6 Å². The van der Waals surface area contributed by atoms with Gasteiger partial charge in [-0.25, -0.2) is 0 Å². The van der Waals surface area contributed by atoms with E-state index in [2.05, 4.69) is 0 Å². The molecule has 1 aromatic carbocycles. The fourth-order valence-electron chi connectivity index (χ4n) is 1.40. The molecule has 2 rings (SSSR count). The number of fused-ring (bicyclic) bond motifs is 1. The third kappa shape index (κ3) is 2.64. The number of benzene rings is 1. The van der Waals surface area contributed by atoms with E-state index in [1.807, 2.05) is 18.2 Å². The zero-order valence-corrected chi connectivity index (χ0v) is 8.86. The van der Waals surface area contributed by atoms with Crippen LogP contribution in [0.5, 0.6) is 11.5 Å². The summed E-state index contributed by atoms with van der Waals surface area (Å²) in [6.07, 6.45) is 0.463. The summed E-state index contributed by atoms with van der Waals surface area (Å²) in [5.41, 5.74) is 6.23. The highest BCUT2D eigenvalue weighted by molar-refractivity contribution is 5.76. The first-order chi connectivity index (χ1) is 7.75. The lowest BCUT2D eigenvalue weighted by Gasteiger charge is -2.04. The van der Waals surface area contributed by atoms with Crippen LogP contribution in [-0.2, 0) is 11.3 Å². The van der Waals surface area contributed by atoms with Crippen LogP contribution in [0, 0.1) is 5.41 Å². The molecule has 1 aromatic rings. The van der Waals surface area contributed by atoms with Gasteiger partial charge in [-0.15, -0.1) is 0 Å². The molecule has 0 aliphatic carbocycles. The van der Waals surface area contributed by atoms with Crippen molar-refractivity contribution < 1.29 is 14.2 Å².